The summed E-state index contributed by atoms with van der Waals surface area (Å²) in [6.45, 7) is 3.32. The zero-order chi connectivity index (χ0) is 10.7. The molecular weight excluding hydrogens is 182 g/mol. The third-order valence-electron chi connectivity index (χ3n) is 1.96. The van der Waals surface area contributed by atoms with Gasteiger partial charge in [-0.2, -0.15) is 0 Å². The zero-order valence-corrected chi connectivity index (χ0v) is 8.11. The lowest BCUT2D eigenvalue weighted by molar-refractivity contribution is -0.137. The molecule has 0 fully saturated rings. The number of carboxylic acids is 1. The van der Waals surface area contributed by atoms with E-state index in [0.717, 1.165) is 5.56 Å². The second kappa shape index (κ2) is 4.00. The maximum absolute atomic E-state index is 10.5. The van der Waals surface area contributed by atoms with Crippen LogP contribution in [0, 0.1) is 6.92 Å². The molecule has 1 aromatic rings. The van der Waals surface area contributed by atoms with Crippen LogP contribution in [0.3, 0.4) is 0 Å². The van der Waals surface area contributed by atoms with Gasteiger partial charge in [0.25, 0.3) is 0 Å². The van der Waals surface area contributed by atoms with Gasteiger partial charge in [-0.05, 0) is 25.5 Å². The SMILES string of the molecule is Cc1ccc(NC(C)C(=O)O)cc1O. The lowest BCUT2D eigenvalue weighted by atomic mass is 10.2. The van der Waals surface area contributed by atoms with Gasteiger partial charge in [-0.1, -0.05) is 6.07 Å². The number of phenolic OH excluding ortho intramolecular Hbond substituents is 1. The van der Waals surface area contributed by atoms with Crippen molar-refractivity contribution >= 4 is 11.7 Å². The third-order valence-corrected chi connectivity index (χ3v) is 1.96. The molecule has 0 bridgehead atoms. The number of anilines is 1. The maximum Gasteiger partial charge on any atom is 0.325 e. The van der Waals surface area contributed by atoms with Crippen molar-refractivity contribution in [3.63, 3.8) is 0 Å². The summed E-state index contributed by atoms with van der Waals surface area (Å²) in [5, 5.41) is 20.8. The Balaban J connectivity index is 2.78. The number of nitrogens with one attached hydrogen (secondary N) is 1. The lowest BCUT2D eigenvalue weighted by Gasteiger charge is -2.11. The molecule has 1 unspecified atom stereocenters. The van der Waals surface area contributed by atoms with Gasteiger partial charge >= 0.3 is 5.97 Å². The molecule has 0 aliphatic heterocycles. The summed E-state index contributed by atoms with van der Waals surface area (Å²) >= 11 is 0. The molecule has 0 aromatic heterocycles. The van der Waals surface area contributed by atoms with E-state index in [-0.39, 0.29) is 5.75 Å². The first kappa shape index (κ1) is 10.4. The van der Waals surface area contributed by atoms with Crippen molar-refractivity contribution in [1.29, 1.82) is 0 Å². The van der Waals surface area contributed by atoms with Crippen LogP contribution in [0.15, 0.2) is 18.2 Å². The Morgan fingerprint density at radius 1 is 1.50 bits per heavy atom. The fourth-order valence-electron chi connectivity index (χ4n) is 1.01. The fourth-order valence-corrected chi connectivity index (χ4v) is 1.01. The Labute approximate surface area is 82.2 Å². The smallest absolute Gasteiger partial charge is 0.325 e. The van der Waals surface area contributed by atoms with Crippen molar-refractivity contribution in [2.45, 2.75) is 19.9 Å². The Hall–Kier alpha value is -1.71. The van der Waals surface area contributed by atoms with Gasteiger partial charge in [0, 0.05) is 11.8 Å². The summed E-state index contributed by atoms with van der Waals surface area (Å²) in [5.74, 6) is -0.766. The van der Waals surface area contributed by atoms with Gasteiger partial charge in [0.1, 0.15) is 11.8 Å². The third kappa shape index (κ3) is 2.39. The first-order chi connectivity index (χ1) is 6.50. The molecular formula is C10H13NO3. The monoisotopic (exact) mass is 195 g/mol. The number of carbonyl (C=O) groups is 1. The standard InChI is InChI=1S/C10H13NO3/c1-6-3-4-8(5-9(6)12)11-7(2)10(13)14/h3-5,7,11-12H,1-2H3,(H,13,14). The van der Waals surface area contributed by atoms with Gasteiger partial charge in [0.05, 0.1) is 0 Å². The van der Waals surface area contributed by atoms with E-state index in [0.29, 0.717) is 5.69 Å². The van der Waals surface area contributed by atoms with Crippen molar-refractivity contribution in [3.8, 4) is 5.75 Å². The number of aliphatic carboxylic acids is 1. The van der Waals surface area contributed by atoms with Crippen molar-refractivity contribution < 1.29 is 15.0 Å². The minimum atomic E-state index is -0.926. The Morgan fingerprint density at radius 3 is 2.64 bits per heavy atom. The van der Waals surface area contributed by atoms with E-state index < -0.39 is 12.0 Å². The molecule has 0 saturated heterocycles. The molecule has 0 saturated carbocycles. The van der Waals surface area contributed by atoms with Gasteiger partial charge in [-0.25, -0.2) is 0 Å². The molecule has 1 aromatic carbocycles. The molecule has 76 valence electrons. The normalized spacial score (nSPS) is 12.1. The summed E-state index contributed by atoms with van der Waals surface area (Å²) in [4.78, 5) is 10.5. The van der Waals surface area contributed by atoms with E-state index in [2.05, 4.69) is 5.32 Å². The average Bonchev–Trinajstić information content (AvgIpc) is 2.11. The van der Waals surface area contributed by atoms with E-state index in [9.17, 15) is 9.90 Å². The number of aromatic hydroxyl groups is 1. The van der Waals surface area contributed by atoms with E-state index >= 15 is 0 Å². The topological polar surface area (TPSA) is 69.6 Å². The molecule has 1 atom stereocenters. The summed E-state index contributed by atoms with van der Waals surface area (Å²) in [6.07, 6.45) is 0. The molecule has 4 heteroatoms. The molecule has 0 heterocycles. The Morgan fingerprint density at radius 2 is 2.14 bits per heavy atom. The van der Waals surface area contributed by atoms with Crippen LogP contribution in [0.25, 0.3) is 0 Å². The number of phenols is 1. The maximum atomic E-state index is 10.5. The van der Waals surface area contributed by atoms with Gasteiger partial charge in [0.15, 0.2) is 0 Å². The Bertz CT molecular complexity index is 349. The predicted molar refractivity (Wildman–Crippen MR) is 53.6 cm³/mol. The van der Waals surface area contributed by atoms with E-state index in [1.54, 1.807) is 26.0 Å². The van der Waals surface area contributed by atoms with Gasteiger partial charge < -0.3 is 15.5 Å². The number of aryl methyl sites for hydroxylation is 1. The van der Waals surface area contributed by atoms with Crippen LogP contribution in [0.5, 0.6) is 5.75 Å². The van der Waals surface area contributed by atoms with Crippen LogP contribution in [0.2, 0.25) is 0 Å². The van der Waals surface area contributed by atoms with Crippen LogP contribution < -0.4 is 5.32 Å². The van der Waals surface area contributed by atoms with E-state index in [1.807, 2.05) is 0 Å². The highest BCUT2D eigenvalue weighted by Crippen LogP contribution is 2.21. The molecule has 0 radical (unpaired) electrons. The van der Waals surface area contributed by atoms with Crippen LogP contribution in [-0.4, -0.2) is 22.2 Å². The number of rotatable bonds is 3. The highest BCUT2D eigenvalue weighted by atomic mass is 16.4. The van der Waals surface area contributed by atoms with Gasteiger partial charge in [0.2, 0.25) is 0 Å². The fraction of sp³-hybridized carbons (Fsp3) is 0.300. The highest BCUT2D eigenvalue weighted by Gasteiger charge is 2.10. The number of carboxylic acid groups (broad SMARTS) is 1. The van der Waals surface area contributed by atoms with Crippen LogP contribution in [-0.2, 0) is 4.79 Å². The molecule has 0 amide bonds. The number of hydrogen-bond donors (Lipinski definition) is 3. The Kier molecular flexibility index (Phi) is 2.96. The zero-order valence-electron chi connectivity index (χ0n) is 8.11. The number of benzene rings is 1. The van der Waals surface area contributed by atoms with Crippen molar-refractivity contribution in [2.24, 2.45) is 0 Å². The van der Waals surface area contributed by atoms with E-state index in [4.69, 9.17) is 5.11 Å². The summed E-state index contributed by atoms with van der Waals surface area (Å²) in [6, 6.07) is 4.30. The predicted octanol–water partition coefficient (Wildman–Crippen LogP) is 1.59. The van der Waals surface area contributed by atoms with Crippen molar-refractivity contribution in [1.82, 2.24) is 0 Å². The van der Waals surface area contributed by atoms with Crippen molar-refractivity contribution in [3.05, 3.63) is 23.8 Å². The minimum Gasteiger partial charge on any atom is -0.508 e. The largest absolute Gasteiger partial charge is 0.508 e. The summed E-state index contributed by atoms with van der Waals surface area (Å²) < 4.78 is 0. The van der Waals surface area contributed by atoms with Crippen molar-refractivity contribution in [2.75, 3.05) is 5.32 Å². The molecule has 1 rings (SSSR count). The minimum absolute atomic E-state index is 0.160. The summed E-state index contributed by atoms with van der Waals surface area (Å²) in [5.41, 5.74) is 1.36. The molecule has 0 aliphatic carbocycles. The molecule has 4 nitrogen and oxygen atoms in total. The highest BCUT2D eigenvalue weighted by molar-refractivity contribution is 5.76. The average molecular weight is 195 g/mol. The first-order valence-corrected chi connectivity index (χ1v) is 4.29. The molecule has 0 spiro atoms. The van der Waals surface area contributed by atoms with Gasteiger partial charge in [-0.15, -0.1) is 0 Å². The number of hydrogen-bond acceptors (Lipinski definition) is 3. The van der Waals surface area contributed by atoms with E-state index in [1.165, 1.54) is 6.07 Å². The summed E-state index contributed by atoms with van der Waals surface area (Å²) in [7, 11) is 0. The molecule has 14 heavy (non-hydrogen) atoms. The van der Waals surface area contributed by atoms with Gasteiger partial charge in [-0.3, -0.25) is 4.79 Å². The second-order valence-electron chi connectivity index (χ2n) is 3.21. The lowest BCUT2D eigenvalue weighted by Crippen LogP contribution is -2.25. The quantitative estimate of drug-likeness (QED) is 0.685. The van der Waals surface area contributed by atoms with Crippen LogP contribution >= 0.6 is 0 Å². The second-order valence-corrected chi connectivity index (χ2v) is 3.21. The van der Waals surface area contributed by atoms with Crippen LogP contribution in [0.1, 0.15) is 12.5 Å². The first-order valence-electron chi connectivity index (χ1n) is 4.29. The molecule has 0 aliphatic rings. The molecule has 3 N–H and O–H groups in total. The van der Waals surface area contributed by atoms with Crippen LogP contribution in [0.4, 0.5) is 5.69 Å².